The second-order valence-corrected chi connectivity index (χ2v) is 7.37. The minimum atomic E-state index is -3.66. The van der Waals surface area contributed by atoms with Gasteiger partial charge in [0.1, 0.15) is 0 Å². The molecule has 0 radical (unpaired) electrons. The van der Waals surface area contributed by atoms with E-state index in [1.807, 2.05) is 38.1 Å². The topological polar surface area (TPSA) is 75.3 Å². The molecule has 1 unspecified atom stereocenters. The zero-order valence-electron chi connectivity index (χ0n) is 14.1. The molecule has 0 aliphatic heterocycles. The smallest absolute Gasteiger partial charge is 0.251 e. The first-order chi connectivity index (χ1) is 11.8. The second-order valence-electron chi connectivity index (χ2n) is 5.60. The van der Waals surface area contributed by atoms with Gasteiger partial charge in [0.15, 0.2) is 0 Å². The molecular formula is C19H20N2O3S. The van der Waals surface area contributed by atoms with E-state index in [0.29, 0.717) is 5.56 Å². The van der Waals surface area contributed by atoms with Crippen LogP contribution in [0.3, 0.4) is 0 Å². The van der Waals surface area contributed by atoms with Crippen LogP contribution in [0.2, 0.25) is 0 Å². The van der Waals surface area contributed by atoms with Crippen LogP contribution >= 0.6 is 0 Å². The zero-order valence-corrected chi connectivity index (χ0v) is 14.9. The van der Waals surface area contributed by atoms with Gasteiger partial charge in [-0.05, 0) is 49.2 Å². The Balaban J connectivity index is 2.11. The number of hydrogen-bond acceptors (Lipinski definition) is 3. The average molecular weight is 356 g/mol. The van der Waals surface area contributed by atoms with E-state index >= 15 is 0 Å². The highest BCUT2D eigenvalue weighted by molar-refractivity contribution is 7.89. The first-order valence-electron chi connectivity index (χ1n) is 7.74. The maximum absolute atomic E-state index is 12.4. The predicted molar refractivity (Wildman–Crippen MR) is 97.5 cm³/mol. The Labute approximate surface area is 148 Å². The van der Waals surface area contributed by atoms with E-state index in [-0.39, 0.29) is 23.4 Å². The van der Waals surface area contributed by atoms with Crippen molar-refractivity contribution < 1.29 is 13.2 Å². The largest absolute Gasteiger partial charge is 0.346 e. The lowest BCUT2D eigenvalue weighted by atomic mass is 10.0. The molecule has 0 spiro atoms. The predicted octanol–water partition coefficient (Wildman–Crippen LogP) is 2.40. The van der Waals surface area contributed by atoms with E-state index in [2.05, 4.69) is 16.0 Å². The Kier molecular flexibility index (Phi) is 5.97. The Morgan fingerprint density at radius 3 is 2.40 bits per heavy atom. The van der Waals surface area contributed by atoms with Gasteiger partial charge in [-0.3, -0.25) is 4.79 Å². The summed E-state index contributed by atoms with van der Waals surface area (Å²) in [5.41, 5.74) is 2.51. The monoisotopic (exact) mass is 356 g/mol. The summed E-state index contributed by atoms with van der Waals surface area (Å²) in [4.78, 5) is 12.4. The van der Waals surface area contributed by atoms with Gasteiger partial charge in [-0.25, -0.2) is 8.42 Å². The first kappa shape index (κ1) is 18.7. The maximum atomic E-state index is 12.4. The summed E-state index contributed by atoms with van der Waals surface area (Å²) in [5.74, 6) is 1.94. The van der Waals surface area contributed by atoms with Crippen LogP contribution in [0.1, 0.15) is 34.5 Å². The van der Waals surface area contributed by atoms with Crippen LogP contribution in [-0.4, -0.2) is 20.9 Å². The number of rotatable bonds is 6. The fourth-order valence-electron chi connectivity index (χ4n) is 2.44. The zero-order chi connectivity index (χ0) is 18.4. The van der Waals surface area contributed by atoms with Crippen LogP contribution in [0.5, 0.6) is 0 Å². The lowest BCUT2D eigenvalue weighted by Gasteiger charge is -2.16. The van der Waals surface area contributed by atoms with Crippen LogP contribution in [0.15, 0.2) is 53.4 Å². The molecule has 130 valence electrons. The van der Waals surface area contributed by atoms with Crippen LogP contribution in [0, 0.1) is 19.3 Å². The second kappa shape index (κ2) is 7.97. The number of sulfonamides is 1. The summed E-state index contributed by atoms with van der Waals surface area (Å²) in [6, 6.07) is 13.4. The highest BCUT2D eigenvalue weighted by atomic mass is 32.2. The van der Waals surface area contributed by atoms with Crippen molar-refractivity contribution in [3.63, 3.8) is 0 Å². The number of benzene rings is 2. The van der Waals surface area contributed by atoms with E-state index in [0.717, 1.165) is 11.1 Å². The van der Waals surface area contributed by atoms with E-state index in [9.17, 15) is 13.2 Å². The van der Waals surface area contributed by atoms with Gasteiger partial charge in [0.2, 0.25) is 10.0 Å². The molecule has 2 rings (SSSR count). The maximum Gasteiger partial charge on any atom is 0.251 e. The van der Waals surface area contributed by atoms with Crippen molar-refractivity contribution >= 4 is 15.9 Å². The van der Waals surface area contributed by atoms with Gasteiger partial charge in [-0.15, -0.1) is 6.42 Å². The molecule has 0 aliphatic carbocycles. The summed E-state index contributed by atoms with van der Waals surface area (Å²) < 4.78 is 26.2. The number of hydrogen-bond donors (Lipinski definition) is 2. The van der Waals surface area contributed by atoms with Crippen LogP contribution in [0.25, 0.3) is 0 Å². The van der Waals surface area contributed by atoms with Gasteiger partial charge in [0.25, 0.3) is 5.91 Å². The van der Waals surface area contributed by atoms with E-state index in [1.165, 1.54) is 24.3 Å². The molecule has 0 aliphatic rings. The first-order valence-corrected chi connectivity index (χ1v) is 9.23. The van der Waals surface area contributed by atoms with Gasteiger partial charge < -0.3 is 5.32 Å². The molecule has 0 saturated heterocycles. The normalized spacial score (nSPS) is 12.2. The van der Waals surface area contributed by atoms with Gasteiger partial charge in [0, 0.05) is 5.56 Å². The Hall–Kier alpha value is -2.62. The van der Waals surface area contributed by atoms with Gasteiger partial charge in [0.05, 0.1) is 17.5 Å². The summed E-state index contributed by atoms with van der Waals surface area (Å²) in [6.07, 6.45) is 5.05. The van der Waals surface area contributed by atoms with Crippen molar-refractivity contribution in [2.45, 2.75) is 24.8 Å². The molecule has 2 aromatic rings. The quantitative estimate of drug-likeness (QED) is 0.781. The van der Waals surface area contributed by atoms with Crippen molar-refractivity contribution in [1.82, 2.24) is 10.0 Å². The fourth-order valence-corrected chi connectivity index (χ4v) is 3.37. The summed E-state index contributed by atoms with van der Waals surface area (Å²) in [5, 5.41) is 2.92. The van der Waals surface area contributed by atoms with Gasteiger partial charge in [-0.2, -0.15) is 4.72 Å². The Bertz CT molecular complexity index is 897. The third kappa shape index (κ3) is 4.69. The molecule has 0 aromatic heterocycles. The van der Waals surface area contributed by atoms with Crippen molar-refractivity contribution in [2.24, 2.45) is 0 Å². The minimum Gasteiger partial charge on any atom is -0.346 e. The molecule has 6 heteroatoms. The number of terminal acetylenes is 1. The lowest BCUT2D eigenvalue weighted by Crippen LogP contribution is -2.27. The average Bonchev–Trinajstić information content (AvgIpc) is 2.60. The van der Waals surface area contributed by atoms with Crippen molar-refractivity contribution in [3.8, 4) is 12.3 Å². The van der Waals surface area contributed by atoms with Gasteiger partial charge in [-0.1, -0.05) is 30.2 Å². The van der Waals surface area contributed by atoms with Crippen LogP contribution in [-0.2, 0) is 10.0 Å². The number of carbonyl (C=O) groups excluding carboxylic acids is 1. The molecule has 0 fully saturated rings. The third-order valence-electron chi connectivity index (χ3n) is 3.79. The van der Waals surface area contributed by atoms with E-state index in [4.69, 9.17) is 6.42 Å². The molecule has 5 nitrogen and oxygen atoms in total. The third-order valence-corrected chi connectivity index (χ3v) is 5.21. The van der Waals surface area contributed by atoms with Crippen LogP contribution < -0.4 is 10.0 Å². The van der Waals surface area contributed by atoms with Crippen molar-refractivity contribution in [1.29, 1.82) is 0 Å². The highest BCUT2D eigenvalue weighted by Gasteiger charge is 2.16. The Morgan fingerprint density at radius 1 is 1.16 bits per heavy atom. The molecule has 1 amide bonds. The van der Waals surface area contributed by atoms with E-state index < -0.39 is 10.0 Å². The summed E-state index contributed by atoms with van der Waals surface area (Å²) in [6.45, 7) is 3.81. The molecule has 1 atom stereocenters. The molecular weight excluding hydrogens is 336 g/mol. The highest BCUT2D eigenvalue weighted by Crippen LogP contribution is 2.18. The number of amides is 1. The van der Waals surface area contributed by atoms with Crippen molar-refractivity contribution in [3.05, 3.63) is 65.2 Å². The SMILES string of the molecule is C#CCNS(=O)(=O)c1ccc(C(=O)NC(C)c2ccccc2C)cc1. The van der Waals surface area contributed by atoms with Crippen LogP contribution in [0.4, 0.5) is 0 Å². The molecule has 2 aromatic carbocycles. The minimum absolute atomic E-state index is 0.0613. The molecule has 25 heavy (non-hydrogen) atoms. The van der Waals surface area contributed by atoms with E-state index in [1.54, 1.807) is 0 Å². The number of nitrogens with one attached hydrogen (secondary N) is 2. The fraction of sp³-hybridized carbons (Fsp3) is 0.211. The number of carbonyl (C=O) groups is 1. The standard InChI is InChI=1S/C19H20N2O3S/c1-4-13-20-25(23,24)17-11-9-16(10-12-17)19(22)21-15(3)18-8-6-5-7-14(18)2/h1,5-12,15,20H,13H2,2-3H3,(H,21,22). The van der Waals surface area contributed by atoms with Crippen molar-refractivity contribution in [2.75, 3.05) is 6.54 Å². The molecule has 0 heterocycles. The molecule has 2 N–H and O–H groups in total. The Morgan fingerprint density at radius 2 is 1.80 bits per heavy atom. The summed E-state index contributed by atoms with van der Waals surface area (Å²) in [7, 11) is -3.66. The number of aryl methyl sites for hydroxylation is 1. The molecule has 0 saturated carbocycles. The molecule has 0 bridgehead atoms. The summed E-state index contributed by atoms with van der Waals surface area (Å²) >= 11 is 0. The van der Waals surface area contributed by atoms with Gasteiger partial charge >= 0.3 is 0 Å². The lowest BCUT2D eigenvalue weighted by molar-refractivity contribution is 0.0939.